The average molecular weight is 449 g/mol. The molecule has 0 saturated carbocycles. The lowest BCUT2D eigenvalue weighted by atomic mass is 9.84. The van der Waals surface area contributed by atoms with E-state index in [0.717, 1.165) is 4.68 Å². The summed E-state index contributed by atoms with van der Waals surface area (Å²) in [4.78, 5) is 56.9. The van der Waals surface area contributed by atoms with Gasteiger partial charge in [0.25, 0.3) is 17.0 Å². The molecule has 0 radical (unpaired) electrons. The highest BCUT2D eigenvalue weighted by Gasteiger charge is 2.61. The lowest BCUT2D eigenvalue weighted by molar-refractivity contribution is -0.122. The first-order valence-corrected chi connectivity index (χ1v) is 10.7. The second-order valence-corrected chi connectivity index (χ2v) is 8.48. The van der Waals surface area contributed by atoms with Gasteiger partial charge in [-0.15, -0.1) is 0 Å². The van der Waals surface area contributed by atoms with Crippen LogP contribution in [0.4, 0.5) is 5.69 Å². The fourth-order valence-electron chi connectivity index (χ4n) is 5.53. The normalized spacial score (nSPS) is 18.0. The monoisotopic (exact) mass is 449 g/mol. The van der Waals surface area contributed by atoms with E-state index in [-0.39, 0.29) is 27.6 Å². The summed E-state index contributed by atoms with van der Waals surface area (Å²) in [5.41, 5.74) is -2.29. The molecule has 5 aromatic rings. The molecule has 7 rings (SSSR count). The molecule has 8 nitrogen and oxygen atoms in total. The van der Waals surface area contributed by atoms with E-state index in [2.05, 4.69) is 0 Å². The Labute approximate surface area is 190 Å². The van der Waals surface area contributed by atoms with Crippen molar-refractivity contribution >= 4 is 33.3 Å². The van der Waals surface area contributed by atoms with Gasteiger partial charge in [0.05, 0.1) is 16.5 Å². The number of likely N-dealkylation sites (N-methyl/N-ethyl adjacent to an activating group) is 1. The number of carbonyl (C=O) groups is 1. The maximum atomic E-state index is 14.1. The van der Waals surface area contributed by atoms with E-state index < -0.39 is 28.2 Å². The molecular formula is C26H15N3O5. The number of hydrogen-bond acceptors (Lipinski definition) is 5. The number of fused-ring (bicyclic) bond motifs is 10. The molecule has 2 aromatic heterocycles. The molecule has 164 valence electrons. The van der Waals surface area contributed by atoms with Gasteiger partial charge in [0.2, 0.25) is 5.54 Å². The lowest BCUT2D eigenvalue weighted by Gasteiger charge is -2.25. The summed E-state index contributed by atoms with van der Waals surface area (Å²) in [5.74, 6) is -0.513. The predicted octanol–water partition coefficient (Wildman–Crippen LogP) is 2.34. The Morgan fingerprint density at radius 3 is 2.12 bits per heavy atom. The van der Waals surface area contributed by atoms with Crippen LogP contribution in [0, 0.1) is 0 Å². The summed E-state index contributed by atoms with van der Waals surface area (Å²) < 4.78 is 7.98. The molecule has 3 aromatic carbocycles. The predicted molar refractivity (Wildman–Crippen MR) is 126 cm³/mol. The highest BCUT2D eigenvalue weighted by molar-refractivity contribution is 6.12. The summed E-state index contributed by atoms with van der Waals surface area (Å²) in [7, 11) is 1.59. The highest BCUT2D eigenvalue weighted by Crippen LogP contribution is 2.50. The fraction of sp³-hybridized carbons (Fsp3) is 0.0769. The van der Waals surface area contributed by atoms with E-state index in [4.69, 9.17) is 4.42 Å². The van der Waals surface area contributed by atoms with Gasteiger partial charge in [0, 0.05) is 23.7 Å². The Morgan fingerprint density at radius 1 is 0.735 bits per heavy atom. The first-order chi connectivity index (χ1) is 16.5. The van der Waals surface area contributed by atoms with Crippen molar-refractivity contribution in [3.8, 4) is 5.69 Å². The first-order valence-electron chi connectivity index (χ1n) is 10.7. The van der Waals surface area contributed by atoms with Crippen LogP contribution in [0.2, 0.25) is 0 Å². The van der Waals surface area contributed by atoms with Crippen LogP contribution in [0.1, 0.15) is 11.1 Å². The molecule has 0 aliphatic carbocycles. The molecule has 1 atom stereocenters. The van der Waals surface area contributed by atoms with Gasteiger partial charge in [0.15, 0.2) is 0 Å². The number of anilines is 1. The van der Waals surface area contributed by atoms with Gasteiger partial charge in [-0.3, -0.25) is 14.4 Å². The maximum absolute atomic E-state index is 14.1. The highest BCUT2D eigenvalue weighted by atomic mass is 16.4. The van der Waals surface area contributed by atoms with Crippen molar-refractivity contribution in [1.82, 2.24) is 9.36 Å². The molecule has 1 amide bonds. The quantitative estimate of drug-likeness (QED) is 0.338. The molecule has 0 bridgehead atoms. The smallest absolute Gasteiger partial charge is 0.345 e. The summed E-state index contributed by atoms with van der Waals surface area (Å²) in [5, 5.41) is 0.833. The maximum Gasteiger partial charge on any atom is 0.345 e. The van der Waals surface area contributed by atoms with E-state index in [1.807, 2.05) is 0 Å². The SMILES string of the molecule is CN1C(=O)C2(c3ccccc31)c1c(c3ccccc3oc1=O)-n1c(=O)c3ccccc3c(=O)n12. The zero-order valence-corrected chi connectivity index (χ0v) is 17.8. The van der Waals surface area contributed by atoms with E-state index in [0.29, 0.717) is 16.6 Å². The van der Waals surface area contributed by atoms with Crippen LogP contribution < -0.4 is 21.6 Å². The minimum Gasteiger partial charge on any atom is -0.422 e. The van der Waals surface area contributed by atoms with Gasteiger partial charge < -0.3 is 9.32 Å². The summed E-state index contributed by atoms with van der Waals surface area (Å²) in [6, 6.07) is 20.2. The van der Waals surface area contributed by atoms with Gasteiger partial charge in [-0.25, -0.2) is 14.2 Å². The van der Waals surface area contributed by atoms with Crippen molar-refractivity contribution < 1.29 is 9.21 Å². The lowest BCUT2D eigenvalue weighted by Crippen LogP contribution is -2.52. The molecule has 0 fully saturated rings. The minimum absolute atomic E-state index is 0.0393. The Morgan fingerprint density at radius 2 is 1.35 bits per heavy atom. The van der Waals surface area contributed by atoms with Gasteiger partial charge in [-0.05, 0) is 30.3 Å². The minimum atomic E-state index is -1.87. The first kappa shape index (κ1) is 18.8. The number of para-hydroxylation sites is 2. The van der Waals surface area contributed by atoms with Crippen LogP contribution in [0.15, 0.2) is 91.6 Å². The Balaban J connectivity index is 1.86. The molecule has 0 saturated heterocycles. The second-order valence-electron chi connectivity index (χ2n) is 8.48. The van der Waals surface area contributed by atoms with Gasteiger partial charge >= 0.3 is 5.63 Å². The third-order valence-electron chi connectivity index (χ3n) is 6.92. The average Bonchev–Trinajstić information content (AvgIpc) is 3.30. The summed E-state index contributed by atoms with van der Waals surface area (Å²) in [6.45, 7) is 0. The van der Waals surface area contributed by atoms with Crippen molar-refractivity contribution in [3.05, 3.63) is 115 Å². The Hall–Kier alpha value is -4.72. The molecule has 1 unspecified atom stereocenters. The van der Waals surface area contributed by atoms with Crippen molar-refractivity contribution in [1.29, 1.82) is 0 Å². The molecule has 1 spiro atoms. The topological polar surface area (TPSA) is 94.5 Å². The van der Waals surface area contributed by atoms with Crippen LogP contribution in [0.3, 0.4) is 0 Å². The van der Waals surface area contributed by atoms with Gasteiger partial charge in [-0.2, -0.15) is 0 Å². The Kier molecular flexibility index (Phi) is 3.31. The zero-order valence-electron chi connectivity index (χ0n) is 17.8. The zero-order chi connectivity index (χ0) is 23.4. The van der Waals surface area contributed by atoms with Crippen molar-refractivity contribution in [2.24, 2.45) is 0 Å². The third-order valence-corrected chi connectivity index (χ3v) is 6.92. The molecule has 0 N–H and O–H groups in total. The number of carbonyl (C=O) groups excluding carboxylic acids is 1. The number of aromatic nitrogens is 2. The molecule has 8 heteroatoms. The fourth-order valence-corrected chi connectivity index (χ4v) is 5.53. The largest absolute Gasteiger partial charge is 0.422 e. The van der Waals surface area contributed by atoms with Crippen LogP contribution in [0.5, 0.6) is 0 Å². The molecule has 34 heavy (non-hydrogen) atoms. The van der Waals surface area contributed by atoms with E-state index in [9.17, 15) is 19.2 Å². The van der Waals surface area contributed by atoms with E-state index >= 15 is 0 Å². The van der Waals surface area contributed by atoms with Crippen LogP contribution in [0.25, 0.3) is 27.4 Å². The molecule has 2 aliphatic rings. The van der Waals surface area contributed by atoms with Crippen molar-refractivity contribution in [3.63, 3.8) is 0 Å². The van der Waals surface area contributed by atoms with Crippen molar-refractivity contribution in [2.75, 3.05) is 11.9 Å². The molecule has 4 heterocycles. The number of amides is 1. The molecular weight excluding hydrogens is 434 g/mol. The van der Waals surface area contributed by atoms with E-state index in [1.165, 1.54) is 9.58 Å². The van der Waals surface area contributed by atoms with Crippen LogP contribution in [-0.2, 0) is 10.3 Å². The van der Waals surface area contributed by atoms with E-state index in [1.54, 1.807) is 79.8 Å². The Bertz CT molecular complexity index is 1930. The molecule has 2 aliphatic heterocycles. The van der Waals surface area contributed by atoms with Gasteiger partial charge in [-0.1, -0.05) is 42.5 Å². The number of benzene rings is 3. The van der Waals surface area contributed by atoms with Crippen LogP contribution in [-0.4, -0.2) is 22.3 Å². The summed E-state index contributed by atoms with van der Waals surface area (Å²) in [6.07, 6.45) is 0. The number of hydrogen-bond donors (Lipinski definition) is 0. The van der Waals surface area contributed by atoms with Gasteiger partial charge in [0.1, 0.15) is 11.1 Å². The third kappa shape index (κ3) is 1.87. The second kappa shape index (κ2) is 5.99. The summed E-state index contributed by atoms with van der Waals surface area (Å²) >= 11 is 0. The number of nitrogens with zero attached hydrogens (tertiary/aromatic N) is 3. The number of rotatable bonds is 0. The van der Waals surface area contributed by atoms with Crippen molar-refractivity contribution in [2.45, 2.75) is 5.54 Å². The van der Waals surface area contributed by atoms with Crippen LogP contribution >= 0.6 is 0 Å². The standard InChI is InChI=1S/C26H15N3O5/c1-27-18-12-6-5-11-17(18)26(25(27)33)20-21(16-10-4-7-13-19(16)34-24(20)32)28-22(30)14-8-2-3-9-15(14)23(31)29(26)28/h2-13H,1H3.